The van der Waals surface area contributed by atoms with E-state index in [0.717, 1.165) is 32.8 Å². The number of thiazole rings is 1. The second-order valence-corrected chi connectivity index (χ2v) is 12.8. The molecular weight excluding hydrogens is 624 g/mol. The van der Waals surface area contributed by atoms with Gasteiger partial charge in [0.25, 0.3) is 11.5 Å². The van der Waals surface area contributed by atoms with E-state index in [-0.39, 0.29) is 17.3 Å². The molecule has 4 aromatic carbocycles. The number of likely N-dealkylation sites (N-methyl/N-ethyl adjacent to an activating group) is 1. The van der Waals surface area contributed by atoms with Crippen molar-refractivity contribution in [1.29, 1.82) is 0 Å². The van der Waals surface area contributed by atoms with Crippen LogP contribution >= 0.6 is 11.3 Å². The number of fused-ring (bicyclic) bond motifs is 3. The maximum absolute atomic E-state index is 14.6. The molecule has 0 unspecified atom stereocenters. The number of rotatable bonds is 8. The average molecular weight is 659 g/mol. The number of carbonyl (C=O) groups is 1. The standard InChI is InChI=1S/C39H35FN4O3S/c1-5-42(6-2)38(46)34-24(3)41-39-44(36(34)35-29-16-9-7-13-25(29)19-20-32(35)47-4)37(45)33(48-39)21-27-23-43(31-18-12-10-15-28(27)31)22-26-14-8-11-17-30(26)40/h7-21,23,36H,5-6,22H2,1-4H3/b33-21+/t36-/m1/s1. The number of carbonyl (C=O) groups excluding carboxylic acids is 1. The van der Waals surface area contributed by atoms with Gasteiger partial charge in [-0.25, -0.2) is 9.38 Å². The van der Waals surface area contributed by atoms with Gasteiger partial charge in [-0.2, -0.15) is 0 Å². The van der Waals surface area contributed by atoms with Crippen LogP contribution in [0.1, 0.15) is 43.5 Å². The topological polar surface area (TPSA) is 68.8 Å². The molecular formula is C39H35FN4O3S. The average Bonchev–Trinajstić information content (AvgIpc) is 3.60. The number of methoxy groups -OCH3 is 1. The van der Waals surface area contributed by atoms with Crippen molar-refractivity contribution in [3.8, 4) is 5.75 Å². The van der Waals surface area contributed by atoms with Crippen molar-refractivity contribution in [3.05, 3.63) is 145 Å². The molecule has 0 N–H and O–H groups in total. The maximum atomic E-state index is 14.6. The molecule has 9 heteroatoms. The first-order valence-corrected chi connectivity index (χ1v) is 16.8. The van der Waals surface area contributed by atoms with Crippen molar-refractivity contribution >= 4 is 45.0 Å². The highest BCUT2D eigenvalue weighted by atomic mass is 32.1. The van der Waals surface area contributed by atoms with Gasteiger partial charge in [-0.3, -0.25) is 14.2 Å². The van der Waals surface area contributed by atoms with Crippen LogP contribution in [0.3, 0.4) is 0 Å². The zero-order valence-electron chi connectivity index (χ0n) is 27.2. The van der Waals surface area contributed by atoms with E-state index in [9.17, 15) is 14.0 Å². The molecule has 48 heavy (non-hydrogen) atoms. The first-order valence-electron chi connectivity index (χ1n) is 16.0. The number of ether oxygens (including phenoxy) is 1. The minimum Gasteiger partial charge on any atom is -0.496 e. The fourth-order valence-electron chi connectivity index (χ4n) is 6.76. The Morgan fingerprint density at radius 3 is 2.44 bits per heavy atom. The molecule has 1 atom stereocenters. The SMILES string of the molecule is CCN(CC)C(=O)C1=C(C)N=c2s/c(=C/c3cn(Cc4ccccc4F)c4ccccc34)c(=O)n2[C@H]1c1c(OC)ccc2ccccc12. The van der Waals surface area contributed by atoms with Gasteiger partial charge in [0.1, 0.15) is 17.6 Å². The van der Waals surface area contributed by atoms with Gasteiger partial charge in [0.2, 0.25) is 0 Å². The first kappa shape index (κ1) is 31.3. The van der Waals surface area contributed by atoms with E-state index in [2.05, 4.69) is 0 Å². The van der Waals surface area contributed by atoms with Crippen LogP contribution in [-0.4, -0.2) is 40.1 Å². The minimum absolute atomic E-state index is 0.160. The van der Waals surface area contributed by atoms with Crippen LogP contribution < -0.4 is 19.6 Å². The third-order valence-corrected chi connectivity index (χ3v) is 10.1. The van der Waals surface area contributed by atoms with Gasteiger partial charge < -0.3 is 14.2 Å². The molecule has 0 bridgehead atoms. The molecule has 3 heterocycles. The highest BCUT2D eigenvalue weighted by Gasteiger charge is 2.36. The molecule has 6 aromatic rings. The van der Waals surface area contributed by atoms with Crippen LogP contribution in [0.2, 0.25) is 0 Å². The fraction of sp³-hybridized carbons (Fsp3) is 0.205. The fourth-order valence-corrected chi connectivity index (χ4v) is 7.79. The Hall–Kier alpha value is -5.28. The van der Waals surface area contributed by atoms with E-state index in [1.165, 1.54) is 17.4 Å². The Kier molecular flexibility index (Phi) is 8.31. The van der Waals surface area contributed by atoms with Crippen LogP contribution in [0.25, 0.3) is 27.8 Å². The quantitative estimate of drug-likeness (QED) is 0.190. The van der Waals surface area contributed by atoms with Gasteiger partial charge in [-0.05, 0) is 55.8 Å². The van der Waals surface area contributed by atoms with E-state index < -0.39 is 6.04 Å². The van der Waals surface area contributed by atoms with Gasteiger partial charge in [0.05, 0.1) is 29.5 Å². The van der Waals surface area contributed by atoms with Crippen molar-refractivity contribution < 1.29 is 13.9 Å². The third-order valence-electron chi connectivity index (χ3n) is 9.13. The van der Waals surface area contributed by atoms with E-state index in [4.69, 9.17) is 9.73 Å². The van der Waals surface area contributed by atoms with Crippen LogP contribution in [0, 0.1) is 5.82 Å². The van der Waals surface area contributed by atoms with E-state index in [0.29, 0.717) is 51.6 Å². The number of benzene rings is 4. The molecule has 0 aliphatic carbocycles. The number of nitrogens with zero attached hydrogens (tertiary/aromatic N) is 4. The van der Waals surface area contributed by atoms with Crippen molar-refractivity contribution in [1.82, 2.24) is 14.0 Å². The number of halogens is 1. The lowest BCUT2D eigenvalue weighted by molar-refractivity contribution is -0.127. The summed E-state index contributed by atoms with van der Waals surface area (Å²) in [6.07, 6.45) is 3.84. The third kappa shape index (κ3) is 5.24. The highest BCUT2D eigenvalue weighted by Crippen LogP contribution is 2.40. The Labute approximate surface area is 281 Å². The number of aromatic nitrogens is 2. The van der Waals surface area contributed by atoms with Gasteiger partial charge >= 0.3 is 0 Å². The van der Waals surface area contributed by atoms with Crippen LogP contribution in [-0.2, 0) is 11.3 Å². The summed E-state index contributed by atoms with van der Waals surface area (Å²) in [5.74, 6) is 0.162. The molecule has 0 fully saturated rings. The minimum atomic E-state index is -0.764. The van der Waals surface area contributed by atoms with E-state index in [1.54, 1.807) is 28.7 Å². The van der Waals surface area contributed by atoms with Crippen molar-refractivity contribution in [3.63, 3.8) is 0 Å². The summed E-state index contributed by atoms with van der Waals surface area (Å²) in [6.45, 7) is 7.12. The summed E-state index contributed by atoms with van der Waals surface area (Å²) in [5, 5.41) is 2.81. The smallest absolute Gasteiger partial charge is 0.271 e. The molecule has 1 aliphatic heterocycles. The number of allylic oxidation sites excluding steroid dienone is 1. The number of amides is 1. The predicted molar refractivity (Wildman–Crippen MR) is 190 cm³/mol. The van der Waals surface area contributed by atoms with Crippen molar-refractivity contribution in [2.45, 2.75) is 33.4 Å². The van der Waals surface area contributed by atoms with Gasteiger partial charge in [-0.15, -0.1) is 0 Å². The van der Waals surface area contributed by atoms with Gasteiger partial charge in [0.15, 0.2) is 4.80 Å². The zero-order chi connectivity index (χ0) is 33.5. The highest BCUT2D eigenvalue weighted by molar-refractivity contribution is 7.07. The number of hydrogen-bond donors (Lipinski definition) is 0. The second kappa shape index (κ2) is 12.7. The van der Waals surface area contributed by atoms with E-state index >= 15 is 0 Å². The lowest BCUT2D eigenvalue weighted by Gasteiger charge is -2.30. The molecule has 7 nitrogen and oxygen atoms in total. The lowest BCUT2D eigenvalue weighted by Crippen LogP contribution is -2.43. The monoisotopic (exact) mass is 658 g/mol. The molecule has 0 spiro atoms. The molecule has 1 aliphatic rings. The summed E-state index contributed by atoms with van der Waals surface area (Å²) in [4.78, 5) is 36.0. The summed E-state index contributed by atoms with van der Waals surface area (Å²) in [7, 11) is 1.61. The molecule has 0 saturated carbocycles. The van der Waals surface area contributed by atoms with Gasteiger partial charge in [-0.1, -0.05) is 78.1 Å². The molecule has 0 radical (unpaired) electrons. The van der Waals surface area contributed by atoms with Crippen LogP contribution in [0.4, 0.5) is 4.39 Å². The number of hydrogen-bond acceptors (Lipinski definition) is 5. The zero-order valence-corrected chi connectivity index (χ0v) is 28.1. The number of para-hydroxylation sites is 1. The van der Waals surface area contributed by atoms with Crippen LogP contribution in [0.15, 0.2) is 112 Å². The second-order valence-electron chi connectivity index (χ2n) is 11.8. The van der Waals surface area contributed by atoms with Gasteiger partial charge in [0, 0.05) is 46.9 Å². The summed E-state index contributed by atoms with van der Waals surface area (Å²) >= 11 is 1.29. The maximum Gasteiger partial charge on any atom is 0.271 e. The molecule has 0 saturated heterocycles. The first-order chi connectivity index (χ1) is 23.3. The molecule has 7 rings (SSSR count). The Balaban J connectivity index is 1.47. The summed E-state index contributed by atoms with van der Waals surface area (Å²) < 4.78 is 24.7. The Bertz CT molecular complexity index is 2430. The van der Waals surface area contributed by atoms with E-state index in [1.807, 2.05) is 104 Å². The summed E-state index contributed by atoms with van der Waals surface area (Å²) in [6, 6.07) is 25.7. The molecule has 242 valence electrons. The largest absolute Gasteiger partial charge is 0.496 e. The normalized spacial score (nSPS) is 14.8. The molecule has 1 amide bonds. The van der Waals surface area contributed by atoms with Crippen molar-refractivity contribution in [2.24, 2.45) is 4.99 Å². The van der Waals surface area contributed by atoms with Crippen LogP contribution in [0.5, 0.6) is 5.75 Å². The predicted octanol–water partition coefficient (Wildman–Crippen LogP) is 6.41. The molecule has 2 aromatic heterocycles. The van der Waals surface area contributed by atoms with Crippen molar-refractivity contribution in [2.75, 3.05) is 20.2 Å². The lowest BCUT2D eigenvalue weighted by atomic mass is 9.90. The Morgan fingerprint density at radius 2 is 1.69 bits per heavy atom. The Morgan fingerprint density at radius 1 is 0.979 bits per heavy atom. The summed E-state index contributed by atoms with van der Waals surface area (Å²) in [5.41, 5.74) is 3.86.